The van der Waals surface area contributed by atoms with Crippen molar-refractivity contribution in [2.75, 3.05) is 7.05 Å². The van der Waals surface area contributed by atoms with Crippen LogP contribution in [-0.2, 0) is 12.8 Å². The van der Waals surface area contributed by atoms with Crippen LogP contribution in [0.4, 0.5) is 13.2 Å². The first-order valence-corrected chi connectivity index (χ1v) is 5.86. The maximum Gasteiger partial charge on any atom is 0.421 e. The molecule has 0 bridgehead atoms. The SMILES string of the molecule is CNC1=C(C(F)(F)F)C=NC(N)(c2cnn(C)c2Cl)N1. The zero-order valence-electron chi connectivity index (χ0n) is 10.6. The van der Waals surface area contributed by atoms with Gasteiger partial charge in [-0.1, -0.05) is 11.6 Å². The molecule has 0 saturated carbocycles. The molecule has 1 atom stereocenters. The normalized spacial score (nSPS) is 22.9. The van der Waals surface area contributed by atoms with Crippen LogP contribution >= 0.6 is 11.6 Å². The third kappa shape index (κ3) is 2.34. The Morgan fingerprint density at radius 3 is 2.60 bits per heavy atom. The van der Waals surface area contributed by atoms with Gasteiger partial charge in [0.25, 0.3) is 0 Å². The van der Waals surface area contributed by atoms with Crippen molar-refractivity contribution < 1.29 is 13.2 Å². The summed E-state index contributed by atoms with van der Waals surface area (Å²) in [5.41, 5.74) is 5.30. The Morgan fingerprint density at radius 1 is 1.50 bits per heavy atom. The van der Waals surface area contributed by atoms with Gasteiger partial charge in [0.1, 0.15) is 16.5 Å². The highest BCUT2D eigenvalue weighted by atomic mass is 35.5. The molecule has 20 heavy (non-hydrogen) atoms. The highest BCUT2D eigenvalue weighted by Crippen LogP contribution is 2.32. The number of hydrogen-bond donors (Lipinski definition) is 3. The Hall–Kier alpha value is -1.74. The second-order valence-electron chi connectivity index (χ2n) is 4.16. The molecule has 0 fully saturated rings. The first-order valence-electron chi connectivity index (χ1n) is 5.48. The minimum Gasteiger partial charge on any atom is -0.374 e. The molecule has 1 aliphatic heterocycles. The van der Waals surface area contributed by atoms with Crippen molar-refractivity contribution >= 4 is 17.8 Å². The average molecular weight is 309 g/mol. The number of aryl methyl sites for hydroxylation is 1. The molecule has 2 rings (SSSR count). The van der Waals surface area contributed by atoms with E-state index in [-0.39, 0.29) is 16.5 Å². The second-order valence-corrected chi connectivity index (χ2v) is 4.52. The summed E-state index contributed by atoms with van der Waals surface area (Å²) in [5, 5.41) is 8.99. The third-order valence-electron chi connectivity index (χ3n) is 2.81. The Labute approximate surface area is 117 Å². The number of hydrogen-bond acceptors (Lipinski definition) is 5. The number of halogens is 4. The molecule has 10 heteroatoms. The van der Waals surface area contributed by atoms with Gasteiger partial charge in [-0.05, 0) is 0 Å². The fourth-order valence-corrected chi connectivity index (χ4v) is 1.98. The topological polar surface area (TPSA) is 80.3 Å². The average Bonchev–Trinajstić information content (AvgIpc) is 2.69. The summed E-state index contributed by atoms with van der Waals surface area (Å²) < 4.78 is 39.7. The molecule has 4 N–H and O–H groups in total. The van der Waals surface area contributed by atoms with Crippen LogP contribution in [0.1, 0.15) is 5.56 Å². The smallest absolute Gasteiger partial charge is 0.374 e. The van der Waals surface area contributed by atoms with Gasteiger partial charge in [-0.2, -0.15) is 18.3 Å². The van der Waals surface area contributed by atoms with E-state index in [4.69, 9.17) is 17.3 Å². The third-order valence-corrected chi connectivity index (χ3v) is 3.26. The predicted octanol–water partition coefficient (Wildman–Crippen LogP) is 0.810. The van der Waals surface area contributed by atoms with Gasteiger partial charge in [-0.15, -0.1) is 0 Å². The standard InChI is InChI=1S/C10H12ClF3N6/c1-16-8-6(9(12,13)14)3-17-10(15,19-8)5-4-18-20(2)7(5)11/h3-4,16,19H,15H2,1-2H3. The summed E-state index contributed by atoms with van der Waals surface area (Å²) >= 11 is 6.00. The molecule has 0 saturated heterocycles. The largest absolute Gasteiger partial charge is 0.421 e. The van der Waals surface area contributed by atoms with Gasteiger partial charge >= 0.3 is 6.18 Å². The first-order chi connectivity index (χ1) is 9.19. The molecule has 2 heterocycles. The Morgan fingerprint density at radius 2 is 2.15 bits per heavy atom. The number of rotatable bonds is 2. The number of allylic oxidation sites excluding steroid dienone is 1. The lowest BCUT2D eigenvalue weighted by Gasteiger charge is -2.32. The molecule has 0 aliphatic carbocycles. The second kappa shape index (κ2) is 4.67. The maximum atomic E-state index is 12.8. The fraction of sp³-hybridized carbons (Fsp3) is 0.400. The van der Waals surface area contributed by atoms with Crippen molar-refractivity contribution in [2.24, 2.45) is 17.8 Å². The zero-order valence-corrected chi connectivity index (χ0v) is 11.3. The molecule has 6 nitrogen and oxygen atoms in total. The van der Waals surface area contributed by atoms with Crippen LogP contribution in [0, 0.1) is 0 Å². The molecule has 0 spiro atoms. The van der Waals surface area contributed by atoms with Gasteiger partial charge < -0.3 is 10.6 Å². The maximum absolute atomic E-state index is 12.8. The van der Waals surface area contributed by atoms with E-state index >= 15 is 0 Å². The number of alkyl halides is 3. The number of nitrogens with zero attached hydrogens (tertiary/aromatic N) is 3. The monoisotopic (exact) mass is 308 g/mol. The van der Waals surface area contributed by atoms with E-state index in [0.29, 0.717) is 6.21 Å². The summed E-state index contributed by atoms with van der Waals surface area (Å²) in [4.78, 5) is 3.74. The van der Waals surface area contributed by atoms with Crippen LogP contribution in [0.25, 0.3) is 0 Å². The molecule has 1 aliphatic rings. The van der Waals surface area contributed by atoms with Gasteiger partial charge in [0.2, 0.25) is 5.79 Å². The summed E-state index contributed by atoms with van der Waals surface area (Å²) in [6.45, 7) is 0. The quantitative estimate of drug-likeness (QED) is 0.755. The van der Waals surface area contributed by atoms with Crippen molar-refractivity contribution in [3.8, 4) is 0 Å². The Balaban J connectivity index is 2.44. The van der Waals surface area contributed by atoms with Crippen LogP contribution in [0.5, 0.6) is 0 Å². The number of nitrogens with two attached hydrogens (primary N) is 1. The molecular formula is C10H12ClF3N6. The molecule has 1 unspecified atom stereocenters. The summed E-state index contributed by atoms with van der Waals surface area (Å²) in [5.74, 6) is -1.90. The Bertz CT molecular complexity index is 590. The molecular weight excluding hydrogens is 297 g/mol. The van der Waals surface area contributed by atoms with E-state index in [0.717, 1.165) is 0 Å². The van der Waals surface area contributed by atoms with Gasteiger partial charge in [-0.3, -0.25) is 10.4 Å². The lowest BCUT2D eigenvalue weighted by molar-refractivity contribution is -0.0875. The number of aromatic nitrogens is 2. The van der Waals surface area contributed by atoms with Gasteiger partial charge in [-0.25, -0.2) is 4.99 Å². The molecule has 1 aromatic rings. The van der Waals surface area contributed by atoms with Crippen molar-refractivity contribution in [3.63, 3.8) is 0 Å². The predicted molar refractivity (Wildman–Crippen MR) is 67.9 cm³/mol. The van der Waals surface area contributed by atoms with Gasteiger partial charge in [0, 0.05) is 20.3 Å². The number of aliphatic imine (C=N–C) groups is 1. The van der Waals surface area contributed by atoms with Crippen LogP contribution in [0.3, 0.4) is 0 Å². The summed E-state index contributed by atoms with van der Waals surface area (Å²) in [6, 6.07) is 0. The van der Waals surface area contributed by atoms with E-state index in [1.165, 1.54) is 17.9 Å². The van der Waals surface area contributed by atoms with Crippen LogP contribution < -0.4 is 16.4 Å². The van der Waals surface area contributed by atoms with Crippen molar-refractivity contribution in [1.29, 1.82) is 0 Å². The summed E-state index contributed by atoms with van der Waals surface area (Å²) in [7, 11) is 2.93. The van der Waals surface area contributed by atoms with Crippen molar-refractivity contribution in [3.05, 3.63) is 28.3 Å². The number of nitrogens with one attached hydrogen (secondary N) is 2. The lowest BCUT2D eigenvalue weighted by Crippen LogP contribution is -2.53. The van der Waals surface area contributed by atoms with Gasteiger partial charge in [0.05, 0.1) is 11.8 Å². The fourth-order valence-electron chi connectivity index (χ4n) is 1.75. The molecule has 1 aromatic heterocycles. The van der Waals surface area contributed by atoms with Gasteiger partial charge in [0.15, 0.2) is 0 Å². The highest BCUT2D eigenvalue weighted by molar-refractivity contribution is 6.30. The van der Waals surface area contributed by atoms with E-state index in [9.17, 15) is 13.2 Å². The van der Waals surface area contributed by atoms with E-state index in [2.05, 4.69) is 20.7 Å². The van der Waals surface area contributed by atoms with E-state index in [1.54, 1.807) is 7.05 Å². The highest BCUT2D eigenvalue weighted by Gasteiger charge is 2.42. The zero-order chi connectivity index (χ0) is 15.1. The van der Waals surface area contributed by atoms with Crippen molar-refractivity contribution in [1.82, 2.24) is 20.4 Å². The molecule has 0 aromatic carbocycles. The minimum atomic E-state index is -4.55. The Kier molecular flexibility index (Phi) is 3.42. The minimum absolute atomic E-state index is 0.183. The lowest BCUT2D eigenvalue weighted by atomic mass is 10.1. The molecule has 110 valence electrons. The van der Waals surface area contributed by atoms with E-state index < -0.39 is 17.5 Å². The van der Waals surface area contributed by atoms with Crippen LogP contribution in [0.15, 0.2) is 22.6 Å². The molecule has 0 amide bonds. The summed E-state index contributed by atoms with van der Waals surface area (Å²) in [6.07, 6.45) is -2.53. The van der Waals surface area contributed by atoms with Crippen LogP contribution in [-0.4, -0.2) is 29.2 Å². The molecule has 0 radical (unpaired) electrons. The van der Waals surface area contributed by atoms with Crippen LogP contribution in [0.2, 0.25) is 5.15 Å². The van der Waals surface area contributed by atoms with Crippen molar-refractivity contribution in [2.45, 2.75) is 12.0 Å². The first kappa shape index (κ1) is 14.7. The van der Waals surface area contributed by atoms with E-state index in [1.807, 2.05) is 0 Å².